The Morgan fingerprint density at radius 1 is 1.29 bits per heavy atom. The fourth-order valence-electron chi connectivity index (χ4n) is 4.15. The first kappa shape index (κ1) is 22.0. The van der Waals surface area contributed by atoms with Crippen LogP contribution in [0.25, 0.3) is 6.08 Å². The summed E-state index contributed by atoms with van der Waals surface area (Å²) >= 11 is 6.72. The van der Waals surface area contributed by atoms with E-state index in [4.69, 9.17) is 21.7 Å². The SMILES string of the molecule is Cc1c(/C=C2\SC(=S)N(C[C@@H]3CCCO3)C2=O)c(N2CCOCC2)n(C)c(=O)c1C#N. The van der Waals surface area contributed by atoms with Crippen molar-refractivity contribution >= 4 is 46.1 Å². The fourth-order valence-corrected chi connectivity index (χ4v) is 5.41. The summed E-state index contributed by atoms with van der Waals surface area (Å²) in [6, 6.07) is 2.03. The Kier molecular flexibility index (Phi) is 6.48. The normalized spacial score (nSPS) is 23.1. The monoisotopic (exact) mass is 460 g/mol. The van der Waals surface area contributed by atoms with E-state index in [1.54, 1.807) is 24.9 Å². The minimum Gasteiger partial charge on any atom is -0.378 e. The highest BCUT2D eigenvalue weighted by molar-refractivity contribution is 8.26. The zero-order chi connectivity index (χ0) is 22.1. The number of morpholine rings is 1. The van der Waals surface area contributed by atoms with Gasteiger partial charge in [-0.05, 0) is 31.4 Å². The molecule has 0 N–H and O–H groups in total. The highest BCUT2D eigenvalue weighted by atomic mass is 32.2. The molecular formula is C21H24N4O4S2. The molecule has 0 unspecified atom stereocenters. The van der Waals surface area contributed by atoms with Crippen molar-refractivity contribution in [2.45, 2.75) is 25.9 Å². The molecule has 3 saturated heterocycles. The number of nitrogens with zero attached hydrogens (tertiary/aromatic N) is 4. The summed E-state index contributed by atoms with van der Waals surface area (Å²) in [4.78, 5) is 30.1. The number of hydrogen-bond acceptors (Lipinski definition) is 8. The molecule has 0 saturated carbocycles. The third-order valence-electron chi connectivity index (χ3n) is 5.84. The van der Waals surface area contributed by atoms with Crippen LogP contribution in [0.2, 0.25) is 0 Å². The molecule has 3 aliphatic rings. The number of carbonyl (C=O) groups excluding carboxylic acids is 1. The number of nitriles is 1. The van der Waals surface area contributed by atoms with Crippen LogP contribution in [0.15, 0.2) is 9.70 Å². The van der Waals surface area contributed by atoms with Gasteiger partial charge in [-0.15, -0.1) is 0 Å². The van der Waals surface area contributed by atoms with Crippen LogP contribution in [0.1, 0.15) is 29.5 Å². The molecule has 0 spiro atoms. The molecule has 4 rings (SSSR count). The van der Waals surface area contributed by atoms with Crippen LogP contribution in [-0.2, 0) is 21.3 Å². The average molecular weight is 461 g/mol. The van der Waals surface area contributed by atoms with Crippen molar-refractivity contribution in [3.05, 3.63) is 31.9 Å². The van der Waals surface area contributed by atoms with Gasteiger partial charge in [-0.2, -0.15) is 5.26 Å². The van der Waals surface area contributed by atoms with Gasteiger partial charge in [0, 0.05) is 32.3 Å². The molecular weight excluding hydrogens is 436 g/mol. The van der Waals surface area contributed by atoms with Gasteiger partial charge in [0.2, 0.25) is 0 Å². The average Bonchev–Trinajstić information content (AvgIpc) is 3.37. The van der Waals surface area contributed by atoms with Gasteiger partial charge in [-0.1, -0.05) is 24.0 Å². The first-order chi connectivity index (χ1) is 14.9. The van der Waals surface area contributed by atoms with Gasteiger partial charge in [0.25, 0.3) is 11.5 Å². The lowest BCUT2D eigenvalue weighted by atomic mass is 10.0. The number of amides is 1. The number of anilines is 1. The molecule has 0 aliphatic carbocycles. The standard InChI is InChI=1S/C21H24N4O4S2/c1-13-15(10-17-20(27)25(21(30)31-17)12-14-4-3-7-29-14)18(24-5-8-28-9-6-24)23(2)19(26)16(13)11-22/h10,14H,3-9,12H2,1-2H3/b17-10-/t14-/m0/s1. The summed E-state index contributed by atoms with van der Waals surface area (Å²) in [6.45, 7) is 5.27. The van der Waals surface area contributed by atoms with Crippen molar-refractivity contribution in [2.24, 2.45) is 7.05 Å². The second kappa shape index (κ2) is 9.12. The second-order valence-corrected chi connectivity index (χ2v) is 9.42. The maximum atomic E-state index is 13.1. The van der Waals surface area contributed by atoms with Gasteiger partial charge in [0.1, 0.15) is 21.8 Å². The maximum Gasteiger partial charge on any atom is 0.270 e. The smallest absolute Gasteiger partial charge is 0.270 e. The van der Waals surface area contributed by atoms with E-state index in [0.717, 1.165) is 12.8 Å². The van der Waals surface area contributed by atoms with Crippen LogP contribution < -0.4 is 10.5 Å². The Bertz CT molecular complexity index is 1050. The Balaban J connectivity index is 1.76. The van der Waals surface area contributed by atoms with Gasteiger partial charge >= 0.3 is 0 Å². The van der Waals surface area contributed by atoms with E-state index in [2.05, 4.69) is 4.90 Å². The topological polar surface area (TPSA) is 87.8 Å². The molecule has 4 heterocycles. The van der Waals surface area contributed by atoms with Gasteiger partial charge in [-0.3, -0.25) is 19.1 Å². The number of carbonyl (C=O) groups is 1. The summed E-state index contributed by atoms with van der Waals surface area (Å²) in [6.07, 6.45) is 3.69. The lowest BCUT2D eigenvalue weighted by Gasteiger charge is -2.32. The zero-order valence-corrected chi connectivity index (χ0v) is 19.2. The van der Waals surface area contributed by atoms with E-state index in [0.29, 0.717) is 65.6 Å². The van der Waals surface area contributed by atoms with E-state index in [1.807, 2.05) is 6.07 Å². The number of thioether (sulfide) groups is 1. The molecule has 0 radical (unpaired) electrons. The molecule has 8 nitrogen and oxygen atoms in total. The van der Waals surface area contributed by atoms with Crippen molar-refractivity contribution < 1.29 is 14.3 Å². The van der Waals surface area contributed by atoms with Crippen LogP contribution in [0.5, 0.6) is 0 Å². The number of thiocarbonyl (C=S) groups is 1. The molecule has 1 atom stereocenters. The van der Waals surface area contributed by atoms with Crippen LogP contribution in [0.4, 0.5) is 5.82 Å². The highest BCUT2D eigenvalue weighted by Crippen LogP contribution is 2.36. The number of aromatic nitrogens is 1. The van der Waals surface area contributed by atoms with Crippen LogP contribution in [0.3, 0.4) is 0 Å². The van der Waals surface area contributed by atoms with Crippen molar-refractivity contribution in [2.75, 3.05) is 44.4 Å². The molecule has 3 fully saturated rings. The first-order valence-corrected chi connectivity index (χ1v) is 11.5. The zero-order valence-electron chi connectivity index (χ0n) is 17.5. The van der Waals surface area contributed by atoms with E-state index in [9.17, 15) is 14.9 Å². The predicted octanol–water partition coefficient (Wildman–Crippen LogP) is 1.78. The molecule has 1 aromatic heterocycles. The van der Waals surface area contributed by atoms with Crippen molar-refractivity contribution in [1.29, 1.82) is 5.26 Å². The lowest BCUT2D eigenvalue weighted by molar-refractivity contribution is -0.123. The molecule has 3 aliphatic heterocycles. The minimum atomic E-state index is -0.343. The number of ether oxygens (including phenoxy) is 2. The quantitative estimate of drug-likeness (QED) is 0.496. The van der Waals surface area contributed by atoms with E-state index in [-0.39, 0.29) is 23.1 Å². The molecule has 1 amide bonds. The Labute approximate surface area is 190 Å². The summed E-state index contributed by atoms with van der Waals surface area (Å²) in [5.41, 5.74) is 1.000. The van der Waals surface area contributed by atoms with Crippen molar-refractivity contribution in [1.82, 2.24) is 9.47 Å². The summed E-state index contributed by atoms with van der Waals surface area (Å²) < 4.78 is 13.1. The van der Waals surface area contributed by atoms with E-state index < -0.39 is 0 Å². The molecule has 164 valence electrons. The van der Waals surface area contributed by atoms with Gasteiger partial charge in [-0.25, -0.2) is 0 Å². The minimum absolute atomic E-state index is 0.00948. The number of pyridine rings is 1. The van der Waals surface area contributed by atoms with Crippen molar-refractivity contribution in [3.8, 4) is 6.07 Å². The second-order valence-electron chi connectivity index (χ2n) is 7.74. The van der Waals surface area contributed by atoms with Crippen LogP contribution in [-0.4, -0.2) is 65.3 Å². The van der Waals surface area contributed by atoms with Gasteiger partial charge in [0.05, 0.1) is 30.8 Å². The third kappa shape index (κ3) is 4.15. The molecule has 0 bridgehead atoms. The Morgan fingerprint density at radius 2 is 2.03 bits per heavy atom. The van der Waals surface area contributed by atoms with Crippen LogP contribution in [0, 0.1) is 18.3 Å². The summed E-state index contributed by atoms with van der Waals surface area (Å²) in [5, 5.41) is 9.57. The van der Waals surface area contributed by atoms with E-state index in [1.165, 1.54) is 16.3 Å². The Morgan fingerprint density at radius 3 is 2.68 bits per heavy atom. The van der Waals surface area contributed by atoms with Crippen molar-refractivity contribution in [3.63, 3.8) is 0 Å². The molecule has 31 heavy (non-hydrogen) atoms. The lowest BCUT2D eigenvalue weighted by Crippen LogP contribution is -2.40. The predicted molar refractivity (Wildman–Crippen MR) is 123 cm³/mol. The fraction of sp³-hybridized carbons (Fsp3) is 0.524. The number of rotatable bonds is 4. The van der Waals surface area contributed by atoms with E-state index >= 15 is 0 Å². The molecule has 10 heteroatoms. The first-order valence-electron chi connectivity index (χ1n) is 10.3. The third-order valence-corrected chi connectivity index (χ3v) is 7.22. The summed E-state index contributed by atoms with van der Waals surface area (Å²) in [7, 11) is 1.66. The maximum absolute atomic E-state index is 13.1. The van der Waals surface area contributed by atoms with Gasteiger partial charge < -0.3 is 14.4 Å². The highest BCUT2D eigenvalue weighted by Gasteiger charge is 2.35. The molecule has 1 aromatic rings. The number of hydrogen-bond donors (Lipinski definition) is 0. The summed E-state index contributed by atoms with van der Waals surface area (Å²) in [5.74, 6) is 0.527. The largest absolute Gasteiger partial charge is 0.378 e. The van der Waals surface area contributed by atoms with Crippen LogP contribution >= 0.6 is 24.0 Å². The molecule has 0 aromatic carbocycles. The van der Waals surface area contributed by atoms with Gasteiger partial charge in [0.15, 0.2) is 0 Å². The Hall–Kier alpha value is -2.19.